The summed E-state index contributed by atoms with van der Waals surface area (Å²) in [6.07, 6.45) is 1.39. The van der Waals surface area contributed by atoms with Gasteiger partial charge in [0.25, 0.3) is 0 Å². The van der Waals surface area contributed by atoms with E-state index in [4.69, 9.17) is 9.47 Å². The molecule has 2 aromatic rings. The summed E-state index contributed by atoms with van der Waals surface area (Å²) in [6.45, 7) is 2.87. The Balaban J connectivity index is 1.69. The molecule has 25 heavy (non-hydrogen) atoms. The van der Waals surface area contributed by atoms with Crippen LogP contribution < -0.4 is 10.1 Å². The zero-order valence-corrected chi connectivity index (χ0v) is 16.0. The standard InChI is InChI=1S/C20H24BrNO3/c1-16(14-21)25-19-12-6-5-10-18(19)11-7-13-22-20(23)24-15-17-8-3-2-4-9-17/h2-6,8-10,12,16H,7,11,13-15H2,1H3,(H,22,23)/t16-/m1/s1. The van der Waals surface area contributed by atoms with Gasteiger partial charge in [-0.15, -0.1) is 0 Å². The highest BCUT2D eigenvalue weighted by Gasteiger charge is 2.07. The minimum Gasteiger partial charge on any atom is -0.490 e. The average molecular weight is 406 g/mol. The Kier molecular flexibility index (Phi) is 8.32. The molecule has 0 saturated heterocycles. The fourth-order valence-electron chi connectivity index (χ4n) is 2.32. The zero-order chi connectivity index (χ0) is 17.9. The van der Waals surface area contributed by atoms with Crippen molar-refractivity contribution < 1.29 is 14.3 Å². The number of halogens is 1. The van der Waals surface area contributed by atoms with Crippen molar-refractivity contribution >= 4 is 22.0 Å². The summed E-state index contributed by atoms with van der Waals surface area (Å²) in [7, 11) is 0. The maximum Gasteiger partial charge on any atom is 0.407 e. The molecule has 0 unspecified atom stereocenters. The van der Waals surface area contributed by atoms with Crippen LogP contribution in [-0.2, 0) is 17.8 Å². The van der Waals surface area contributed by atoms with Crippen LogP contribution >= 0.6 is 15.9 Å². The molecule has 2 rings (SSSR count). The molecule has 5 heteroatoms. The SMILES string of the molecule is C[C@H](CBr)Oc1ccccc1CCCNC(=O)OCc1ccccc1. The van der Waals surface area contributed by atoms with Gasteiger partial charge < -0.3 is 14.8 Å². The van der Waals surface area contributed by atoms with Gasteiger partial charge in [0.15, 0.2) is 0 Å². The Hall–Kier alpha value is -2.01. The van der Waals surface area contributed by atoms with E-state index in [1.54, 1.807) is 0 Å². The number of benzene rings is 2. The largest absolute Gasteiger partial charge is 0.490 e. The normalized spacial score (nSPS) is 11.6. The highest BCUT2D eigenvalue weighted by atomic mass is 79.9. The van der Waals surface area contributed by atoms with Crippen molar-refractivity contribution in [1.82, 2.24) is 5.32 Å². The van der Waals surface area contributed by atoms with Gasteiger partial charge in [0.05, 0.1) is 0 Å². The van der Waals surface area contributed by atoms with Gasteiger partial charge in [-0.2, -0.15) is 0 Å². The van der Waals surface area contributed by atoms with Crippen molar-refractivity contribution in [3.05, 3.63) is 65.7 Å². The molecule has 0 spiro atoms. The van der Waals surface area contributed by atoms with E-state index in [-0.39, 0.29) is 18.8 Å². The summed E-state index contributed by atoms with van der Waals surface area (Å²) < 4.78 is 11.1. The lowest BCUT2D eigenvalue weighted by Crippen LogP contribution is -2.25. The third-order valence-corrected chi connectivity index (χ3v) is 4.53. The van der Waals surface area contributed by atoms with Gasteiger partial charge in [0.1, 0.15) is 18.5 Å². The summed E-state index contributed by atoms with van der Waals surface area (Å²) in [5.41, 5.74) is 2.12. The quantitative estimate of drug-likeness (QED) is 0.485. The van der Waals surface area contributed by atoms with Crippen molar-refractivity contribution in [3.8, 4) is 5.75 Å². The predicted octanol–water partition coefficient (Wildman–Crippen LogP) is 4.71. The summed E-state index contributed by atoms with van der Waals surface area (Å²) in [5, 5.41) is 3.57. The number of aryl methyl sites for hydroxylation is 1. The molecule has 1 amide bonds. The maximum absolute atomic E-state index is 11.7. The molecule has 2 aromatic carbocycles. The van der Waals surface area contributed by atoms with E-state index in [1.807, 2.05) is 55.5 Å². The van der Waals surface area contributed by atoms with Gasteiger partial charge in [-0.1, -0.05) is 64.5 Å². The molecule has 0 saturated carbocycles. The van der Waals surface area contributed by atoms with E-state index in [0.29, 0.717) is 6.54 Å². The van der Waals surface area contributed by atoms with Crippen molar-refractivity contribution in [3.63, 3.8) is 0 Å². The van der Waals surface area contributed by atoms with Crippen LogP contribution in [0.3, 0.4) is 0 Å². The second-order valence-electron chi connectivity index (χ2n) is 5.78. The first-order valence-electron chi connectivity index (χ1n) is 8.44. The lowest BCUT2D eigenvalue weighted by Gasteiger charge is -2.15. The van der Waals surface area contributed by atoms with Gasteiger partial charge in [0.2, 0.25) is 0 Å². The number of ether oxygens (including phenoxy) is 2. The predicted molar refractivity (Wildman–Crippen MR) is 103 cm³/mol. The molecule has 0 aliphatic rings. The molecule has 0 aliphatic heterocycles. The second-order valence-corrected chi connectivity index (χ2v) is 6.43. The Labute approximate surface area is 157 Å². The van der Waals surface area contributed by atoms with Gasteiger partial charge in [-0.25, -0.2) is 4.79 Å². The highest BCUT2D eigenvalue weighted by Crippen LogP contribution is 2.21. The Morgan fingerprint density at radius 2 is 1.84 bits per heavy atom. The third-order valence-electron chi connectivity index (χ3n) is 3.62. The number of amides is 1. The van der Waals surface area contributed by atoms with Crippen LogP contribution in [0.15, 0.2) is 54.6 Å². The smallest absolute Gasteiger partial charge is 0.407 e. The molecule has 0 fully saturated rings. The number of alkyl carbamates (subject to hydrolysis) is 1. The van der Waals surface area contributed by atoms with E-state index >= 15 is 0 Å². The Morgan fingerprint density at radius 1 is 1.12 bits per heavy atom. The summed E-state index contributed by atoms with van der Waals surface area (Å²) >= 11 is 3.42. The van der Waals surface area contributed by atoms with Gasteiger partial charge in [-0.3, -0.25) is 0 Å². The lowest BCUT2D eigenvalue weighted by atomic mass is 10.1. The van der Waals surface area contributed by atoms with E-state index in [9.17, 15) is 4.79 Å². The molecule has 134 valence electrons. The van der Waals surface area contributed by atoms with Gasteiger partial charge >= 0.3 is 6.09 Å². The summed E-state index contributed by atoms with van der Waals surface area (Å²) in [4.78, 5) is 11.7. The first kappa shape index (κ1) is 19.3. The lowest BCUT2D eigenvalue weighted by molar-refractivity contribution is 0.139. The number of para-hydroxylation sites is 1. The van der Waals surface area contributed by atoms with E-state index in [2.05, 4.69) is 27.3 Å². The van der Waals surface area contributed by atoms with E-state index in [1.165, 1.54) is 0 Å². The Morgan fingerprint density at radius 3 is 2.60 bits per heavy atom. The summed E-state index contributed by atoms with van der Waals surface area (Å²) in [5.74, 6) is 0.904. The number of hydrogen-bond acceptors (Lipinski definition) is 3. The maximum atomic E-state index is 11.7. The molecular weight excluding hydrogens is 382 g/mol. The molecular formula is C20H24BrNO3. The first-order valence-corrected chi connectivity index (χ1v) is 9.56. The van der Waals surface area contributed by atoms with Gasteiger partial charge in [0, 0.05) is 11.9 Å². The number of hydrogen-bond donors (Lipinski definition) is 1. The van der Waals surface area contributed by atoms with Crippen LogP contribution in [0.25, 0.3) is 0 Å². The van der Waals surface area contributed by atoms with Crippen molar-refractivity contribution in [2.45, 2.75) is 32.5 Å². The molecule has 0 radical (unpaired) electrons. The Bertz CT molecular complexity index is 648. The number of carbonyl (C=O) groups excluding carboxylic acids is 1. The van der Waals surface area contributed by atoms with Crippen LogP contribution in [0, 0.1) is 0 Å². The van der Waals surface area contributed by atoms with Crippen molar-refractivity contribution in [2.75, 3.05) is 11.9 Å². The minimum atomic E-state index is -0.388. The third kappa shape index (κ3) is 7.18. The molecule has 1 N–H and O–H groups in total. The topological polar surface area (TPSA) is 47.6 Å². The van der Waals surface area contributed by atoms with Crippen LogP contribution in [0.4, 0.5) is 4.79 Å². The number of rotatable bonds is 9. The molecule has 4 nitrogen and oxygen atoms in total. The molecule has 0 bridgehead atoms. The number of carbonyl (C=O) groups is 1. The second kappa shape index (κ2) is 10.8. The first-order chi connectivity index (χ1) is 12.2. The summed E-state index contributed by atoms with van der Waals surface area (Å²) in [6, 6.07) is 17.7. The van der Waals surface area contributed by atoms with Gasteiger partial charge in [-0.05, 0) is 37.0 Å². The van der Waals surface area contributed by atoms with E-state index in [0.717, 1.165) is 35.0 Å². The molecule has 0 aliphatic carbocycles. The van der Waals surface area contributed by atoms with Crippen molar-refractivity contribution in [1.29, 1.82) is 0 Å². The molecule has 0 aromatic heterocycles. The minimum absolute atomic E-state index is 0.118. The van der Waals surface area contributed by atoms with E-state index < -0.39 is 0 Å². The van der Waals surface area contributed by atoms with Crippen LogP contribution in [0.2, 0.25) is 0 Å². The number of nitrogens with one attached hydrogen (secondary N) is 1. The fourth-order valence-corrected chi connectivity index (χ4v) is 2.45. The molecule has 0 heterocycles. The van der Waals surface area contributed by atoms with Crippen LogP contribution in [-0.4, -0.2) is 24.1 Å². The highest BCUT2D eigenvalue weighted by molar-refractivity contribution is 9.09. The van der Waals surface area contributed by atoms with Crippen LogP contribution in [0.5, 0.6) is 5.75 Å². The molecule has 1 atom stereocenters. The monoisotopic (exact) mass is 405 g/mol. The number of alkyl halides is 1. The van der Waals surface area contributed by atoms with Crippen LogP contribution in [0.1, 0.15) is 24.5 Å². The fraction of sp³-hybridized carbons (Fsp3) is 0.350. The van der Waals surface area contributed by atoms with Crippen molar-refractivity contribution in [2.24, 2.45) is 0 Å². The zero-order valence-electron chi connectivity index (χ0n) is 14.4. The average Bonchev–Trinajstić information content (AvgIpc) is 2.65.